The van der Waals surface area contributed by atoms with Gasteiger partial charge in [-0.05, 0) is 35.4 Å². The van der Waals surface area contributed by atoms with Crippen LogP contribution in [0.4, 0.5) is 0 Å². The quantitative estimate of drug-likeness (QED) is 0.705. The number of allylic oxidation sites excluding steroid dienone is 1. The molecular weight excluding hydrogens is 292 g/mol. The first-order valence-electron chi connectivity index (χ1n) is 7.87. The smallest absolute Gasteiger partial charge is 0.134 e. The fourth-order valence-corrected chi connectivity index (χ4v) is 2.55. The molecule has 3 aromatic rings. The third-order valence-corrected chi connectivity index (χ3v) is 3.83. The lowest BCUT2D eigenvalue weighted by atomic mass is 9.86. The molecule has 116 valence electrons. The fourth-order valence-electron chi connectivity index (χ4n) is 2.55. The molecule has 0 saturated carbocycles. The van der Waals surface area contributed by atoms with Gasteiger partial charge in [0.1, 0.15) is 5.60 Å². The lowest BCUT2D eigenvalue weighted by molar-refractivity contribution is 0.134. The summed E-state index contributed by atoms with van der Waals surface area (Å²) in [7, 11) is 0. The molecule has 0 fully saturated rings. The molecule has 0 aliphatic carbocycles. The van der Waals surface area contributed by atoms with Crippen molar-refractivity contribution in [2.75, 3.05) is 0 Å². The average molecular weight is 310 g/mol. The lowest BCUT2D eigenvalue weighted by Gasteiger charge is -2.25. The Hall–Kier alpha value is -3.08. The standard InChI is InChI=1S/C23H18O/c24-23(21-15-6-2-7-16-21,22-17-8-3-9-18-22)19-11-10-14-20-12-4-1-5-13-20/h1-9,11-13,15-19,24H/b19-11-. The van der Waals surface area contributed by atoms with Crippen LogP contribution in [-0.2, 0) is 5.60 Å². The van der Waals surface area contributed by atoms with Crippen LogP contribution in [0.2, 0.25) is 0 Å². The highest BCUT2D eigenvalue weighted by Crippen LogP contribution is 2.30. The topological polar surface area (TPSA) is 20.2 Å². The molecule has 1 N–H and O–H groups in total. The van der Waals surface area contributed by atoms with Gasteiger partial charge in [-0.2, -0.15) is 0 Å². The summed E-state index contributed by atoms with van der Waals surface area (Å²) in [6, 6.07) is 29.0. The maximum absolute atomic E-state index is 11.3. The highest BCUT2D eigenvalue weighted by Gasteiger charge is 2.27. The monoisotopic (exact) mass is 310 g/mol. The number of hydrogen-bond acceptors (Lipinski definition) is 1. The first-order chi connectivity index (χ1) is 11.8. The van der Waals surface area contributed by atoms with Gasteiger partial charge in [-0.15, -0.1) is 0 Å². The molecule has 0 atom stereocenters. The van der Waals surface area contributed by atoms with Crippen molar-refractivity contribution in [2.24, 2.45) is 0 Å². The summed E-state index contributed by atoms with van der Waals surface area (Å²) < 4.78 is 0. The molecule has 0 unspecified atom stereocenters. The van der Waals surface area contributed by atoms with Crippen molar-refractivity contribution in [1.82, 2.24) is 0 Å². The van der Waals surface area contributed by atoms with E-state index >= 15 is 0 Å². The summed E-state index contributed by atoms with van der Waals surface area (Å²) in [5.74, 6) is 6.08. The Balaban J connectivity index is 1.95. The van der Waals surface area contributed by atoms with Gasteiger partial charge >= 0.3 is 0 Å². The first kappa shape index (κ1) is 15.8. The molecule has 0 aliphatic heterocycles. The third kappa shape index (κ3) is 3.63. The van der Waals surface area contributed by atoms with E-state index in [1.807, 2.05) is 91.0 Å². The average Bonchev–Trinajstić information content (AvgIpc) is 2.67. The third-order valence-electron chi connectivity index (χ3n) is 3.83. The minimum atomic E-state index is -1.20. The molecule has 0 radical (unpaired) electrons. The van der Waals surface area contributed by atoms with E-state index in [4.69, 9.17) is 0 Å². The molecular formula is C23H18O. The van der Waals surface area contributed by atoms with Crippen molar-refractivity contribution < 1.29 is 5.11 Å². The molecule has 0 amide bonds. The molecule has 0 aromatic heterocycles. The van der Waals surface area contributed by atoms with Crippen LogP contribution in [0.1, 0.15) is 16.7 Å². The Bertz CT molecular complexity index is 814. The molecule has 0 saturated heterocycles. The van der Waals surface area contributed by atoms with E-state index < -0.39 is 5.60 Å². The molecule has 0 heterocycles. The highest BCUT2D eigenvalue weighted by atomic mass is 16.3. The van der Waals surface area contributed by atoms with Crippen LogP contribution in [0.25, 0.3) is 0 Å². The number of aliphatic hydroxyl groups is 1. The Morgan fingerprint density at radius 2 is 1.12 bits per heavy atom. The molecule has 3 aromatic carbocycles. The van der Waals surface area contributed by atoms with Crippen molar-refractivity contribution in [2.45, 2.75) is 5.60 Å². The van der Waals surface area contributed by atoms with Crippen LogP contribution >= 0.6 is 0 Å². The van der Waals surface area contributed by atoms with Gasteiger partial charge in [-0.1, -0.05) is 90.7 Å². The van der Waals surface area contributed by atoms with Gasteiger partial charge < -0.3 is 5.11 Å². The highest BCUT2D eigenvalue weighted by molar-refractivity contribution is 5.43. The zero-order chi connectivity index (χ0) is 16.7. The predicted octanol–water partition coefficient (Wildman–Crippen LogP) is 4.53. The van der Waals surface area contributed by atoms with E-state index in [2.05, 4.69) is 11.8 Å². The van der Waals surface area contributed by atoms with Gasteiger partial charge in [0, 0.05) is 5.56 Å². The summed E-state index contributed by atoms with van der Waals surface area (Å²) >= 11 is 0. The molecule has 0 spiro atoms. The van der Waals surface area contributed by atoms with Crippen LogP contribution in [0.5, 0.6) is 0 Å². The van der Waals surface area contributed by atoms with Gasteiger partial charge in [0.25, 0.3) is 0 Å². The van der Waals surface area contributed by atoms with Crippen molar-refractivity contribution in [3.8, 4) is 11.8 Å². The minimum absolute atomic E-state index is 0.814. The Morgan fingerprint density at radius 1 is 0.667 bits per heavy atom. The summed E-state index contributed by atoms with van der Waals surface area (Å²) in [4.78, 5) is 0. The van der Waals surface area contributed by atoms with E-state index in [0.717, 1.165) is 16.7 Å². The van der Waals surface area contributed by atoms with Gasteiger partial charge in [0.2, 0.25) is 0 Å². The van der Waals surface area contributed by atoms with E-state index in [9.17, 15) is 5.11 Å². The van der Waals surface area contributed by atoms with E-state index in [1.54, 1.807) is 12.2 Å². The lowest BCUT2D eigenvalue weighted by Crippen LogP contribution is -2.24. The minimum Gasteiger partial charge on any atom is -0.377 e. The van der Waals surface area contributed by atoms with Crippen LogP contribution in [0.15, 0.2) is 103 Å². The molecule has 3 rings (SSSR count). The summed E-state index contributed by atoms with van der Waals surface area (Å²) in [6.07, 6.45) is 3.46. The fraction of sp³-hybridized carbons (Fsp3) is 0.0435. The van der Waals surface area contributed by atoms with Gasteiger partial charge in [-0.25, -0.2) is 0 Å². The van der Waals surface area contributed by atoms with Crippen LogP contribution < -0.4 is 0 Å². The second-order valence-electron chi connectivity index (χ2n) is 5.47. The molecule has 0 bridgehead atoms. The van der Waals surface area contributed by atoms with Crippen LogP contribution in [0.3, 0.4) is 0 Å². The van der Waals surface area contributed by atoms with Crippen molar-refractivity contribution >= 4 is 0 Å². The maximum atomic E-state index is 11.3. The molecule has 24 heavy (non-hydrogen) atoms. The SMILES string of the molecule is OC(/C=C\C#Cc1ccccc1)(c1ccccc1)c1ccccc1. The second kappa shape index (κ2) is 7.46. The summed E-state index contributed by atoms with van der Waals surface area (Å²) in [5.41, 5.74) is 1.38. The maximum Gasteiger partial charge on any atom is 0.134 e. The van der Waals surface area contributed by atoms with E-state index in [1.165, 1.54) is 0 Å². The summed E-state index contributed by atoms with van der Waals surface area (Å²) in [6.45, 7) is 0. The first-order valence-corrected chi connectivity index (χ1v) is 7.87. The Morgan fingerprint density at radius 3 is 1.62 bits per heavy atom. The van der Waals surface area contributed by atoms with Crippen molar-refractivity contribution in [3.05, 3.63) is 120 Å². The second-order valence-corrected chi connectivity index (χ2v) is 5.47. The number of benzene rings is 3. The Labute approximate surface area is 142 Å². The molecule has 0 aliphatic rings. The predicted molar refractivity (Wildman–Crippen MR) is 98.3 cm³/mol. The normalized spacial score (nSPS) is 11.0. The van der Waals surface area contributed by atoms with Gasteiger partial charge in [0.15, 0.2) is 0 Å². The zero-order valence-corrected chi connectivity index (χ0v) is 13.3. The largest absolute Gasteiger partial charge is 0.377 e. The number of hydrogen-bond donors (Lipinski definition) is 1. The number of rotatable bonds is 3. The van der Waals surface area contributed by atoms with Gasteiger partial charge in [-0.3, -0.25) is 0 Å². The van der Waals surface area contributed by atoms with Crippen LogP contribution in [-0.4, -0.2) is 5.11 Å². The summed E-state index contributed by atoms with van der Waals surface area (Å²) in [5, 5.41) is 11.3. The zero-order valence-electron chi connectivity index (χ0n) is 13.3. The van der Waals surface area contributed by atoms with Crippen molar-refractivity contribution in [3.63, 3.8) is 0 Å². The molecule has 1 heteroatoms. The van der Waals surface area contributed by atoms with Crippen molar-refractivity contribution in [1.29, 1.82) is 0 Å². The Kier molecular flexibility index (Phi) is 4.91. The van der Waals surface area contributed by atoms with Gasteiger partial charge in [0.05, 0.1) is 0 Å². The van der Waals surface area contributed by atoms with E-state index in [0.29, 0.717) is 0 Å². The van der Waals surface area contributed by atoms with E-state index in [-0.39, 0.29) is 0 Å². The van der Waals surface area contributed by atoms with Crippen LogP contribution in [0, 0.1) is 11.8 Å². The molecule has 1 nitrogen and oxygen atoms in total.